The minimum atomic E-state index is -4.09. The molecule has 0 saturated heterocycles. The van der Waals surface area contributed by atoms with E-state index in [2.05, 4.69) is 0 Å². The van der Waals surface area contributed by atoms with Crippen LogP contribution in [0.3, 0.4) is 0 Å². The number of hydrogen-bond donors (Lipinski definition) is 1. The summed E-state index contributed by atoms with van der Waals surface area (Å²) >= 11 is 1.60. The Morgan fingerprint density at radius 2 is 2.20 bits per heavy atom. The average Bonchev–Trinajstić information content (AvgIpc) is 2.52. The Balaban J connectivity index is 0.00000196. The minimum absolute atomic E-state index is 0. The van der Waals surface area contributed by atoms with Crippen LogP contribution in [0.2, 0.25) is 0 Å². The van der Waals surface area contributed by atoms with Gasteiger partial charge in [-0.1, -0.05) is 0 Å². The van der Waals surface area contributed by atoms with E-state index in [1.54, 1.807) is 18.4 Å². The summed E-state index contributed by atoms with van der Waals surface area (Å²) in [5.41, 5.74) is 1.14. The lowest BCUT2D eigenvalue weighted by atomic mass is 10.3. The van der Waals surface area contributed by atoms with Crippen LogP contribution in [-0.2, 0) is 16.7 Å². The van der Waals surface area contributed by atoms with Crippen LogP contribution >= 0.6 is 11.3 Å². The monoisotopic (exact) mass is 252 g/mol. The highest BCUT2D eigenvalue weighted by Gasteiger charge is 2.02. The molecule has 0 unspecified atom stereocenters. The van der Waals surface area contributed by atoms with Gasteiger partial charge in [-0.2, -0.15) is 11.3 Å². The third-order valence-corrected chi connectivity index (χ3v) is 3.17. The second-order valence-corrected chi connectivity index (χ2v) is 5.43. The van der Waals surface area contributed by atoms with Crippen LogP contribution in [-0.4, -0.2) is 37.2 Å². The van der Waals surface area contributed by atoms with Gasteiger partial charge in [0, 0.05) is 13.1 Å². The Bertz CT molecular complexity index is 361. The zero-order valence-electron chi connectivity index (χ0n) is 8.84. The van der Waals surface area contributed by atoms with E-state index in [9.17, 15) is 13.0 Å². The lowest BCUT2D eigenvalue weighted by molar-refractivity contribution is 0.341. The predicted octanol–water partition coefficient (Wildman–Crippen LogP) is 1.10. The van der Waals surface area contributed by atoms with Crippen molar-refractivity contribution in [3.63, 3.8) is 0 Å². The van der Waals surface area contributed by atoms with Gasteiger partial charge >= 0.3 is 0 Å². The van der Waals surface area contributed by atoms with E-state index in [-0.39, 0.29) is 18.4 Å². The highest BCUT2D eigenvalue weighted by molar-refractivity contribution is 7.85. The Labute approximate surface area is 94.1 Å². The third-order valence-electron chi connectivity index (χ3n) is 1.76. The summed E-state index contributed by atoms with van der Waals surface area (Å²) in [7, 11) is -2.29. The maximum Gasteiger partial charge on any atom is 0.0958 e. The molecule has 1 aromatic rings. The summed E-state index contributed by atoms with van der Waals surface area (Å²) in [6.07, 6.45) is 0. The Hall–Kier alpha value is -0.470. The van der Waals surface area contributed by atoms with Gasteiger partial charge in [0.15, 0.2) is 0 Å². The van der Waals surface area contributed by atoms with Crippen LogP contribution in [0.1, 0.15) is 5.56 Å². The van der Waals surface area contributed by atoms with Gasteiger partial charge in [0.2, 0.25) is 0 Å². The van der Waals surface area contributed by atoms with Gasteiger partial charge in [0.05, 0.1) is 15.9 Å². The summed E-state index contributed by atoms with van der Waals surface area (Å²) in [6, 6.07) is 1.98. The largest absolute Gasteiger partial charge is 0.748 e. The lowest BCUT2D eigenvalue weighted by Gasteiger charge is -2.16. The van der Waals surface area contributed by atoms with Crippen molar-refractivity contribution in [2.45, 2.75) is 6.54 Å². The molecule has 88 valence electrons. The second-order valence-electron chi connectivity index (χ2n) is 3.13. The van der Waals surface area contributed by atoms with Gasteiger partial charge in [-0.15, -0.1) is 0 Å². The maximum atomic E-state index is 10.4. The van der Waals surface area contributed by atoms with Crippen molar-refractivity contribution in [1.29, 1.82) is 0 Å². The smallest absolute Gasteiger partial charge is 0.0958 e. The maximum absolute atomic E-state index is 10.4. The summed E-state index contributed by atoms with van der Waals surface area (Å²) < 4.78 is 31.1. The first-order valence-electron chi connectivity index (χ1n) is 4.10. The predicted molar refractivity (Wildman–Crippen MR) is 61.2 cm³/mol. The molecule has 1 heterocycles. The van der Waals surface area contributed by atoms with Crippen molar-refractivity contribution >= 4 is 21.5 Å². The molecule has 0 fully saturated rings. The molecular formula is C8H16N2O3S2. The molecule has 7 heteroatoms. The highest BCUT2D eigenvalue weighted by Crippen LogP contribution is 2.08. The fourth-order valence-corrected chi connectivity index (χ4v) is 2.24. The fourth-order valence-electron chi connectivity index (χ4n) is 1.04. The topological polar surface area (TPSA) is 96.9 Å². The summed E-state index contributed by atoms with van der Waals surface area (Å²) in [5.74, 6) is -0.326. The number of rotatable bonds is 5. The Morgan fingerprint density at radius 1 is 1.53 bits per heavy atom. The summed E-state index contributed by atoms with van der Waals surface area (Å²) in [4.78, 5) is 1.82. The van der Waals surface area contributed by atoms with E-state index in [1.807, 2.05) is 21.7 Å². The van der Waals surface area contributed by atoms with Crippen LogP contribution in [0.25, 0.3) is 0 Å². The van der Waals surface area contributed by atoms with Crippen molar-refractivity contribution in [2.75, 3.05) is 19.3 Å². The standard InChI is InChI=1S/C8H13NO3S2.H3N/c1-9(3-5-14(10,11)12)6-8-2-4-13-7-8;/h2,4,7H,3,5-6H2,1H3,(H,10,11,12);1H3. The van der Waals surface area contributed by atoms with Gasteiger partial charge in [-0.05, 0) is 29.4 Å². The zero-order valence-corrected chi connectivity index (χ0v) is 10.5. The molecule has 0 spiro atoms. The normalized spacial score (nSPS) is 11.4. The fraction of sp³-hybridized carbons (Fsp3) is 0.500. The molecule has 5 nitrogen and oxygen atoms in total. The first-order valence-corrected chi connectivity index (χ1v) is 6.62. The van der Waals surface area contributed by atoms with Gasteiger partial charge in [0.25, 0.3) is 0 Å². The molecule has 0 atom stereocenters. The molecule has 0 aliphatic heterocycles. The molecule has 0 aliphatic rings. The van der Waals surface area contributed by atoms with Gasteiger partial charge < -0.3 is 15.6 Å². The Kier molecular flexibility index (Phi) is 5.99. The van der Waals surface area contributed by atoms with Crippen molar-refractivity contribution in [3.8, 4) is 0 Å². The number of thiophene rings is 1. The van der Waals surface area contributed by atoms with Crippen molar-refractivity contribution in [2.24, 2.45) is 0 Å². The number of nitrogens with zero attached hydrogens (tertiary/aromatic N) is 1. The first-order chi connectivity index (χ1) is 6.47. The molecule has 0 saturated carbocycles. The minimum Gasteiger partial charge on any atom is -0.748 e. The van der Waals surface area contributed by atoms with Gasteiger partial charge in [-0.3, -0.25) is 0 Å². The Morgan fingerprint density at radius 3 is 2.67 bits per heavy atom. The molecule has 4 N–H and O–H groups in total. The summed E-state index contributed by atoms with van der Waals surface area (Å²) in [6.45, 7) is 0.959. The number of hydrogen-bond acceptors (Lipinski definition) is 5. The lowest BCUT2D eigenvalue weighted by Crippen LogP contribution is -2.24. The molecule has 15 heavy (non-hydrogen) atoms. The van der Waals surface area contributed by atoms with Crippen LogP contribution in [0.4, 0.5) is 0 Å². The van der Waals surface area contributed by atoms with E-state index < -0.39 is 10.1 Å². The van der Waals surface area contributed by atoms with E-state index >= 15 is 0 Å². The second kappa shape index (κ2) is 6.19. The molecule has 1 rings (SSSR count). The van der Waals surface area contributed by atoms with E-state index in [4.69, 9.17) is 0 Å². The van der Waals surface area contributed by atoms with Crippen LogP contribution in [0.5, 0.6) is 0 Å². The third kappa shape index (κ3) is 6.58. The van der Waals surface area contributed by atoms with Crippen LogP contribution in [0, 0.1) is 0 Å². The molecule has 0 radical (unpaired) electrons. The highest BCUT2D eigenvalue weighted by atomic mass is 32.2. The molecule has 0 bridgehead atoms. The molecular weight excluding hydrogens is 236 g/mol. The van der Waals surface area contributed by atoms with Gasteiger partial charge in [0.1, 0.15) is 0 Å². The SMILES string of the molecule is CN(CCS(=O)(=O)[O-])Cc1ccsc1.[NH4+]. The van der Waals surface area contributed by atoms with E-state index in [0.717, 1.165) is 5.56 Å². The van der Waals surface area contributed by atoms with Crippen molar-refractivity contribution in [1.82, 2.24) is 11.1 Å². The quantitative estimate of drug-likeness (QED) is 0.793. The number of quaternary nitrogens is 1. The van der Waals surface area contributed by atoms with Crippen LogP contribution < -0.4 is 6.15 Å². The van der Waals surface area contributed by atoms with Gasteiger partial charge in [-0.25, -0.2) is 8.42 Å². The summed E-state index contributed by atoms with van der Waals surface area (Å²) in [5, 5.41) is 3.97. The molecule has 0 aromatic carbocycles. The average molecular weight is 252 g/mol. The van der Waals surface area contributed by atoms with Crippen molar-refractivity contribution in [3.05, 3.63) is 22.4 Å². The zero-order chi connectivity index (χ0) is 10.6. The van der Waals surface area contributed by atoms with Crippen LogP contribution in [0.15, 0.2) is 16.8 Å². The first kappa shape index (κ1) is 14.5. The molecule has 0 amide bonds. The molecule has 1 aromatic heterocycles. The van der Waals surface area contributed by atoms with E-state index in [0.29, 0.717) is 6.54 Å². The van der Waals surface area contributed by atoms with Crippen molar-refractivity contribution < 1.29 is 13.0 Å². The molecule has 0 aliphatic carbocycles. The van der Waals surface area contributed by atoms with E-state index in [1.165, 1.54) is 0 Å².